The molecule has 5 aliphatic rings. The van der Waals surface area contributed by atoms with Crippen molar-refractivity contribution >= 4 is 11.8 Å². The van der Waals surface area contributed by atoms with Crippen molar-refractivity contribution in [2.24, 2.45) is 17.3 Å². The van der Waals surface area contributed by atoms with Crippen LogP contribution in [0.4, 0.5) is 0 Å². The minimum atomic E-state index is -0.389. The van der Waals surface area contributed by atoms with Gasteiger partial charge in [-0.05, 0) is 93.9 Å². The summed E-state index contributed by atoms with van der Waals surface area (Å²) in [5.74, 6) is 4.64. The summed E-state index contributed by atoms with van der Waals surface area (Å²) in [4.78, 5) is 5.31. The predicted molar refractivity (Wildman–Crippen MR) is 143 cm³/mol. The quantitative estimate of drug-likeness (QED) is 0.490. The summed E-state index contributed by atoms with van der Waals surface area (Å²) in [5.41, 5.74) is -0.0164. The van der Waals surface area contributed by atoms with Crippen molar-refractivity contribution in [3.05, 3.63) is 48.3 Å². The SMILES string of the molecule is C[C@@H]1CC[C@@H](c2ccco2)N2C[C@@]3(CC[C@@H]12)C[C@@]1(CC[C@@H]2[C@@H](C)CC[C@H](c4ccco4)N2[C@H]1O)CS3. The normalized spacial score (nSPS) is 45.7. The average molecular weight is 511 g/mol. The Labute approximate surface area is 220 Å². The fourth-order valence-corrected chi connectivity index (χ4v) is 10.9. The molecule has 9 atom stereocenters. The fourth-order valence-electron chi connectivity index (χ4n) is 8.98. The Morgan fingerprint density at radius 2 is 1.53 bits per heavy atom. The minimum absolute atomic E-state index is 0.0164. The summed E-state index contributed by atoms with van der Waals surface area (Å²) in [6.07, 6.45) is 14.1. The maximum Gasteiger partial charge on any atom is 0.120 e. The molecule has 7 heterocycles. The molecule has 2 aromatic rings. The van der Waals surface area contributed by atoms with E-state index in [2.05, 4.69) is 47.5 Å². The van der Waals surface area contributed by atoms with Gasteiger partial charge in [-0.15, -0.1) is 0 Å². The van der Waals surface area contributed by atoms with E-state index in [0.29, 0.717) is 24.0 Å². The van der Waals surface area contributed by atoms with Crippen molar-refractivity contribution in [3.8, 4) is 0 Å². The van der Waals surface area contributed by atoms with Gasteiger partial charge in [0.15, 0.2) is 0 Å². The van der Waals surface area contributed by atoms with Gasteiger partial charge in [0, 0.05) is 34.5 Å². The van der Waals surface area contributed by atoms with Crippen LogP contribution in [0.15, 0.2) is 45.6 Å². The molecular formula is C30H42N2O3S. The van der Waals surface area contributed by atoms with Gasteiger partial charge in [0.1, 0.15) is 17.7 Å². The smallest absolute Gasteiger partial charge is 0.120 e. The topological polar surface area (TPSA) is 53.0 Å². The molecule has 0 saturated carbocycles. The molecule has 36 heavy (non-hydrogen) atoms. The van der Waals surface area contributed by atoms with Crippen LogP contribution in [-0.2, 0) is 0 Å². The number of aliphatic hydroxyl groups excluding tert-OH is 1. The monoisotopic (exact) mass is 510 g/mol. The number of rotatable bonds is 2. The molecule has 5 nitrogen and oxygen atoms in total. The summed E-state index contributed by atoms with van der Waals surface area (Å²) < 4.78 is 12.1. The van der Waals surface area contributed by atoms with E-state index in [1.54, 1.807) is 6.26 Å². The first kappa shape index (κ1) is 23.9. The van der Waals surface area contributed by atoms with Gasteiger partial charge in [-0.2, -0.15) is 11.8 Å². The lowest BCUT2D eigenvalue weighted by Gasteiger charge is -2.57. The first-order valence-electron chi connectivity index (χ1n) is 14.4. The average Bonchev–Trinajstić information content (AvgIpc) is 3.65. The molecule has 2 spiro atoms. The number of furan rings is 2. The summed E-state index contributed by atoms with van der Waals surface area (Å²) in [6.45, 7) is 5.97. The summed E-state index contributed by atoms with van der Waals surface area (Å²) in [7, 11) is 0. The van der Waals surface area contributed by atoms with Gasteiger partial charge in [-0.25, -0.2) is 0 Å². The Hall–Kier alpha value is -1.21. The summed E-state index contributed by atoms with van der Waals surface area (Å²) in [5, 5.41) is 12.2. The van der Waals surface area contributed by atoms with E-state index in [4.69, 9.17) is 8.83 Å². The molecule has 0 unspecified atom stereocenters. The van der Waals surface area contributed by atoms with Crippen LogP contribution in [0.1, 0.15) is 95.2 Å². The molecule has 196 valence electrons. The first-order chi connectivity index (χ1) is 17.5. The third-order valence-corrected chi connectivity index (χ3v) is 12.7. The van der Waals surface area contributed by atoms with Crippen molar-refractivity contribution in [1.29, 1.82) is 0 Å². The van der Waals surface area contributed by atoms with Crippen LogP contribution in [0, 0.1) is 17.3 Å². The number of nitrogens with zero attached hydrogens (tertiary/aromatic N) is 2. The predicted octanol–water partition coefficient (Wildman–Crippen LogP) is 6.62. The maximum atomic E-state index is 12.2. The second-order valence-electron chi connectivity index (χ2n) is 12.9. The number of thioether (sulfide) groups is 1. The molecule has 1 N–H and O–H groups in total. The molecule has 5 aliphatic heterocycles. The second-order valence-corrected chi connectivity index (χ2v) is 14.3. The Morgan fingerprint density at radius 1 is 0.861 bits per heavy atom. The first-order valence-corrected chi connectivity index (χ1v) is 15.4. The van der Waals surface area contributed by atoms with E-state index >= 15 is 0 Å². The number of hydrogen-bond acceptors (Lipinski definition) is 6. The van der Waals surface area contributed by atoms with E-state index < -0.39 is 0 Å². The molecule has 6 heteroatoms. The number of fused-ring (bicyclic) bond motifs is 2. The molecule has 0 radical (unpaired) electrons. The zero-order chi connectivity index (χ0) is 24.5. The fraction of sp³-hybridized carbons (Fsp3) is 0.733. The highest BCUT2D eigenvalue weighted by atomic mass is 32.2. The van der Waals surface area contributed by atoms with E-state index in [-0.39, 0.29) is 22.4 Å². The molecule has 0 aromatic carbocycles. The molecule has 2 aromatic heterocycles. The van der Waals surface area contributed by atoms with Crippen molar-refractivity contribution < 1.29 is 13.9 Å². The zero-order valence-corrected chi connectivity index (χ0v) is 22.7. The van der Waals surface area contributed by atoms with Crippen LogP contribution in [0.2, 0.25) is 0 Å². The zero-order valence-electron chi connectivity index (χ0n) is 21.9. The van der Waals surface area contributed by atoms with Crippen molar-refractivity contribution in [2.75, 3.05) is 12.3 Å². The highest BCUT2D eigenvalue weighted by molar-refractivity contribution is 8.01. The Morgan fingerprint density at radius 3 is 2.25 bits per heavy atom. The Balaban J connectivity index is 1.16. The van der Waals surface area contributed by atoms with Crippen molar-refractivity contribution in [1.82, 2.24) is 9.80 Å². The van der Waals surface area contributed by atoms with Gasteiger partial charge in [-0.3, -0.25) is 9.80 Å². The molecule has 5 fully saturated rings. The van der Waals surface area contributed by atoms with Crippen LogP contribution in [-0.4, -0.2) is 50.3 Å². The van der Waals surface area contributed by atoms with Crippen molar-refractivity contribution in [3.63, 3.8) is 0 Å². The van der Waals surface area contributed by atoms with Crippen molar-refractivity contribution in [2.45, 2.75) is 107 Å². The van der Waals surface area contributed by atoms with Gasteiger partial charge < -0.3 is 13.9 Å². The van der Waals surface area contributed by atoms with Crippen LogP contribution < -0.4 is 0 Å². The molecule has 7 rings (SSSR count). The molecule has 0 amide bonds. The number of hydrogen-bond donors (Lipinski definition) is 1. The maximum absolute atomic E-state index is 12.2. The lowest BCUT2D eigenvalue weighted by molar-refractivity contribution is -0.184. The second kappa shape index (κ2) is 8.93. The van der Waals surface area contributed by atoms with E-state index in [1.807, 2.05) is 18.4 Å². The highest BCUT2D eigenvalue weighted by Gasteiger charge is 2.60. The standard InChI is InChI=1S/C30H42N2O3S/c1-20-7-9-24(26-5-3-15-34-26)31-18-30(14-12-22(20)31)17-29(19-36-30)13-11-23-21(2)8-10-25(32(23)28(29)33)27-6-4-16-35-27/h3-6,15-16,20-25,28,33H,7-14,17-19H2,1-2H3/t20-,21+,22+,23-,24+,25-,28+,29+,30-/m1/s1. The molecule has 0 bridgehead atoms. The molecule has 0 aliphatic carbocycles. The largest absolute Gasteiger partial charge is 0.468 e. The van der Waals surface area contributed by atoms with E-state index in [0.717, 1.165) is 49.0 Å². The van der Waals surface area contributed by atoms with Gasteiger partial charge in [0.25, 0.3) is 0 Å². The third-order valence-electron chi connectivity index (χ3n) is 10.9. The molecular weight excluding hydrogens is 468 g/mol. The van der Waals surface area contributed by atoms with Crippen LogP contribution >= 0.6 is 11.8 Å². The lowest BCUT2D eigenvalue weighted by Crippen LogP contribution is -2.62. The number of aliphatic hydroxyl groups is 1. The third kappa shape index (κ3) is 3.69. The minimum Gasteiger partial charge on any atom is -0.468 e. The van der Waals surface area contributed by atoms with Crippen LogP contribution in [0.25, 0.3) is 0 Å². The summed E-state index contributed by atoms with van der Waals surface area (Å²) >= 11 is 2.19. The Kier molecular flexibility index (Phi) is 5.92. The van der Waals surface area contributed by atoms with E-state index in [1.165, 1.54) is 38.5 Å². The van der Waals surface area contributed by atoms with Crippen LogP contribution in [0.5, 0.6) is 0 Å². The Bertz CT molecular complexity index is 1040. The van der Waals surface area contributed by atoms with Crippen LogP contribution in [0.3, 0.4) is 0 Å². The van der Waals surface area contributed by atoms with Gasteiger partial charge in [0.2, 0.25) is 0 Å². The lowest BCUT2D eigenvalue weighted by atomic mass is 9.66. The highest BCUT2D eigenvalue weighted by Crippen LogP contribution is 2.62. The van der Waals surface area contributed by atoms with Gasteiger partial charge in [0.05, 0.1) is 24.6 Å². The summed E-state index contributed by atoms with van der Waals surface area (Å²) in [6, 6.07) is 10.1. The van der Waals surface area contributed by atoms with Gasteiger partial charge in [-0.1, -0.05) is 13.8 Å². The number of piperidine rings is 4. The van der Waals surface area contributed by atoms with Gasteiger partial charge >= 0.3 is 0 Å². The molecule has 5 saturated heterocycles. The van der Waals surface area contributed by atoms with E-state index in [9.17, 15) is 5.11 Å².